The lowest BCUT2D eigenvalue weighted by atomic mass is 10.0. The van der Waals surface area contributed by atoms with Gasteiger partial charge >= 0.3 is 5.97 Å². The Bertz CT molecular complexity index is 503. The van der Waals surface area contributed by atoms with Crippen LogP contribution in [0.4, 0.5) is 0 Å². The molecule has 4 nitrogen and oxygen atoms in total. The van der Waals surface area contributed by atoms with Gasteiger partial charge in [0.2, 0.25) is 0 Å². The molecule has 0 aromatic heterocycles. The van der Waals surface area contributed by atoms with Gasteiger partial charge in [-0.05, 0) is 50.0 Å². The lowest BCUT2D eigenvalue weighted by Crippen LogP contribution is -2.36. The molecular formula is C17H24N2O2. The van der Waals surface area contributed by atoms with Crippen LogP contribution in [0.5, 0.6) is 0 Å². The topological polar surface area (TPSA) is 43.8 Å². The van der Waals surface area contributed by atoms with E-state index in [0.717, 1.165) is 25.2 Å². The molecule has 0 aliphatic carbocycles. The molecule has 2 fully saturated rings. The SMILES string of the molecule is O=C(O)Cc1ccccc1CN1CCCN2CCCC2C1. The summed E-state index contributed by atoms with van der Waals surface area (Å²) >= 11 is 0. The smallest absolute Gasteiger partial charge is 0.307 e. The number of carboxylic acid groups (broad SMARTS) is 1. The molecule has 0 bridgehead atoms. The first-order valence-electron chi connectivity index (χ1n) is 7.97. The molecule has 1 aromatic carbocycles. The third-order valence-corrected chi connectivity index (χ3v) is 4.74. The van der Waals surface area contributed by atoms with Gasteiger partial charge in [0.1, 0.15) is 0 Å². The number of rotatable bonds is 4. The third-order valence-electron chi connectivity index (χ3n) is 4.74. The summed E-state index contributed by atoms with van der Waals surface area (Å²) in [6, 6.07) is 8.68. The van der Waals surface area contributed by atoms with E-state index in [1.54, 1.807) is 0 Å². The number of carbonyl (C=O) groups is 1. The van der Waals surface area contributed by atoms with E-state index in [4.69, 9.17) is 5.11 Å². The molecule has 2 heterocycles. The van der Waals surface area contributed by atoms with Crippen molar-refractivity contribution < 1.29 is 9.90 Å². The number of carboxylic acids is 1. The van der Waals surface area contributed by atoms with Gasteiger partial charge in [0.05, 0.1) is 6.42 Å². The van der Waals surface area contributed by atoms with E-state index < -0.39 is 5.97 Å². The van der Waals surface area contributed by atoms with Crippen molar-refractivity contribution in [1.29, 1.82) is 0 Å². The average Bonchev–Trinajstić information content (AvgIpc) is 2.79. The van der Waals surface area contributed by atoms with Crippen LogP contribution in [0, 0.1) is 0 Å². The van der Waals surface area contributed by atoms with Crippen LogP contribution in [-0.4, -0.2) is 53.1 Å². The summed E-state index contributed by atoms with van der Waals surface area (Å²) in [6.45, 7) is 5.61. The van der Waals surface area contributed by atoms with E-state index in [1.807, 2.05) is 18.2 Å². The first kappa shape index (κ1) is 14.5. The van der Waals surface area contributed by atoms with E-state index in [2.05, 4.69) is 15.9 Å². The molecule has 1 N–H and O–H groups in total. The fourth-order valence-corrected chi connectivity index (χ4v) is 3.71. The van der Waals surface area contributed by atoms with Crippen molar-refractivity contribution >= 4 is 5.97 Å². The molecule has 3 rings (SSSR count). The summed E-state index contributed by atoms with van der Waals surface area (Å²) in [6.07, 6.45) is 3.98. The number of hydrogen-bond donors (Lipinski definition) is 1. The molecule has 0 spiro atoms. The number of hydrogen-bond acceptors (Lipinski definition) is 3. The van der Waals surface area contributed by atoms with Gasteiger partial charge in [-0.2, -0.15) is 0 Å². The normalized spacial score (nSPS) is 23.7. The fourth-order valence-electron chi connectivity index (χ4n) is 3.71. The number of benzene rings is 1. The number of fused-ring (bicyclic) bond motifs is 1. The van der Waals surface area contributed by atoms with Crippen LogP contribution in [0.2, 0.25) is 0 Å². The highest BCUT2D eigenvalue weighted by molar-refractivity contribution is 5.70. The molecule has 1 unspecified atom stereocenters. The van der Waals surface area contributed by atoms with Crippen molar-refractivity contribution in [1.82, 2.24) is 9.80 Å². The van der Waals surface area contributed by atoms with Gasteiger partial charge in [0, 0.05) is 19.1 Å². The molecule has 1 atom stereocenters. The standard InChI is InChI=1S/C17H24N2O2/c20-17(21)11-14-5-1-2-6-15(14)12-18-8-4-10-19-9-3-7-16(19)13-18/h1-2,5-6,16H,3-4,7-13H2,(H,20,21). The summed E-state index contributed by atoms with van der Waals surface area (Å²) in [7, 11) is 0. The Kier molecular flexibility index (Phi) is 4.56. The van der Waals surface area contributed by atoms with Crippen LogP contribution in [0.3, 0.4) is 0 Å². The Morgan fingerprint density at radius 2 is 1.90 bits per heavy atom. The first-order chi connectivity index (χ1) is 10.2. The van der Waals surface area contributed by atoms with Gasteiger partial charge in [-0.15, -0.1) is 0 Å². The van der Waals surface area contributed by atoms with Crippen molar-refractivity contribution in [3.63, 3.8) is 0 Å². The lowest BCUT2D eigenvalue weighted by Gasteiger charge is -2.26. The van der Waals surface area contributed by atoms with Crippen molar-refractivity contribution in [2.24, 2.45) is 0 Å². The van der Waals surface area contributed by atoms with Crippen molar-refractivity contribution in [2.75, 3.05) is 26.2 Å². The zero-order chi connectivity index (χ0) is 14.7. The molecule has 21 heavy (non-hydrogen) atoms. The maximum atomic E-state index is 11.0. The average molecular weight is 288 g/mol. The summed E-state index contributed by atoms with van der Waals surface area (Å²) in [5, 5.41) is 9.05. The number of aliphatic carboxylic acids is 1. The fraction of sp³-hybridized carbons (Fsp3) is 0.588. The Morgan fingerprint density at radius 1 is 1.14 bits per heavy atom. The van der Waals surface area contributed by atoms with E-state index in [1.165, 1.54) is 37.9 Å². The molecule has 2 aliphatic rings. The molecule has 4 heteroatoms. The molecule has 0 saturated carbocycles. The second kappa shape index (κ2) is 6.58. The van der Waals surface area contributed by atoms with E-state index in [9.17, 15) is 4.79 Å². The third kappa shape index (κ3) is 3.63. The van der Waals surface area contributed by atoms with Crippen LogP contribution < -0.4 is 0 Å². The second-order valence-corrected chi connectivity index (χ2v) is 6.26. The van der Waals surface area contributed by atoms with Crippen LogP contribution in [0.15, 0.2) is 24.3 Å². The van der Waals surface area contributed by atoms with Gasteiger partial charge in [0.15, 0.2) is 0 Å². The molecule has 0 radical (unpaired) electrons. The number of nitrogens with zero attached hydrogens (tertiary/aromatic N) is 2. The van der Waals surface area contributed by atoms with Gasteiger partial charge in [0.25, 0.3) is 0 Å². The summed E-state index contributed by atoms with van der Waals surface area (Å²) in [4.78, 5) is 16.1. The Morgan fingerprint density at radius 3 is 2.71 bits per heavy atom. The summed E-state index contributed by atoms with van der Waals surface area (Å²) in [5.41, 5.74) is 2.13. The second-order valence-electron chi connectivity index (χ2n) is 6.26. The molecular weight excluding hydrogens is 264 g/mol. The zero-order valence-electron chi connectivity index (χ0n) is 12.5. The first-order valence-corrected chi connectivity index (χ1v) is 7.97. The minimum Gasteiger partial charge on any atom is -0.481 e. The summed E-state index contributed by atoms with van der Waals surface area (Å²) in [5.74, 6) is -0.750. The molecule has 114 valence electrons. The minimum atomic E-state index is -0.750. The maximum absolute atomic E-state index is 11.0. The van der Waals surface area contributed by atoms with Crippen LogP contribution >= 0.6 is 0 Å². The molecule has 2 aliphatic heterocycles. The highest BCUT2D eigenvalue weighted by atomic mass is 16.4. The molecule has 2 saturated heterocycles. The Hall–Kier alpha value is -1.39. The van der Waals surface area contributed by atoms with Crippen molar-refractivity contribution in [3.8, 4) is 0 Å². The lowest BCUT2D eigenvalue weighted by molar-refractivity contribution is -0.136. The monoisotopic (exact) mass is 288 g/mol. The predicted molar refractivity (Wildman–Crippen MR) is 82.3 cm³/mol. The van der Waals surface area contributed by atoms with Gasteiger partial charge in [-0.3, -0.25) is 14.6 Å². The predicted octanol–water partition coefficient (Wildman–Crippen LogP) is 1.98. The molecule has 0 amide bonds. The minimum absolute atomic E-state index is 0.125. The highest BCUT2D eigenvalue weighted by Gasteiger charge is 2.28. The van der Waals surface area contributed by atoms with Crippen molar-refractivity contribution in [2.45, 2.75) is 38.3 Å². The van der Waals surface area contributed by atoms with Crippen molar-refractivity contribution in [3.05, 3.63) is 35.4 Å². The van der Waals surface area contributed by atoms with Crippen LogP contribution in [0.1, 0.15) is 30.4 Å². The van der Waals surface area contributed by atoms with E-state index >= 15 is 0 Å². The molecule has 1 aromatic rings. The van der Waals surface area contributed by atoms with Gasteiger partial charge < -0.3 is 5.11 Å². The summed E-state index contributed by atoms with van der Waals surface area (Å²) < 4.78 is 0. The van der Waals surface area contributed by atoms with Crippen LogP contribution in [-0.2, 0) is 17.8 Å². The van der Waals surface area contributed by atoms with E-state index in [-0.39, 0.29) is 6.42 Å². The maximum Gasteiger partial charge on any atom is 0.307 e. The van der Waals surface area contributed by atoms with Crippen LogP contribution in [0.25, 0.3) is 0 Å². The van der Waals surface area contributed by atoms with Gasteiger partial charge in [-0.25, -0.2) is 0 Å². The Balaban J connectivity index is 1.69. The van der Waals surface area contributed by atoms with Gasteiger partial charge in [-0.1, -0.05) is 24.3 Å². The Labute approximate surface area is 126 Å². The highest BCUT2D eigenvalue weighted by Crippen LogP contribution is 2.23. The zero-order valence-corrected chi connectivity index (χ0v) is 12.5. The quantitative estimate of drug-likeness (QED) is 0.920. The van der Waals surface area contributed by atoms with E-state index in [0.29, 0.717) is 6.04 Å². The largest absolute Gasteiger partial charge is 0.481 e.